The average molecular weight is 328 g/mol. The number of nitrogens with zero attached hydrogens (tertiary/aromatic N) is 2. The van der Waals surface area contributed by atoms with Gasteiger partial charge in [-0.3, -0.25) is 14.2 Å². The van der Waals surface area contributed by atoms with Crippen molar-refractivity contribution in [2.45, 2.75) is 45.6 Å². The molecule has 5 heteroatoms. The summed E-state index contributed by atoms with van der Waals surface area (Å²) in [5.74, 6) is 1.26. The van der Waals surface area contributed by atoms with Crippen molar-refractivity contribution in [2.24, 2.45) is 5.92 Å². The summed E-state index contributed by atoms with van der Waals surface area (Å²) in [5.41, 5.74) is -0.278. The second-order valence-electron chi connectivity index (χ2n) is 6.36. The Labute approximate surface area is 141 Å². The van der Waals surface area contributed by atoms with Gasteiger partial charge in [0.25, 0.3) is 0 Å². The molecule has 0 unspecified atom stereocenters. The molecule has 0 aliphatic heterocycles. The van der Waals surface area contributed by atoms with E-state index < -0.39 is 11.1 Å². The molecule has 0 radical (unpaired) electrons. The molecule has 1 aliphatic rings. The highest BCUT2D eigenvalue weighted by atomic mass is 16.5. The monoisotopic (exact) mass is 328 g/mol. The van der Waals surface area contributed by atoms with Gasteiger partial charge in [-0.15, -0.1) is 0 Å². The minimum Gasteiger partial charge on any atom is -0.494 e. The van der Waals surface area contributed by atoms with Crippen molar-refractivity contribution in [1.29, 1.82) is 0 Å². The Morgan fingerprint density at radius 2 is 1.71 bits per heavy atom. The van der Waals surface area contributed by atoms with Gasteiger partial charge in [0.2, 0.25) is 0 Å². The van der Waals surface area contributed by atoms with E-state index in [1.807, 2.05) is 6.92 Å². The van der Waals surface area contributed by atoms with Crippen LogP contribution in [0.1, 0.15) is 39.0 Å². The van der Waals surface area contributed by atoms with Gasteiger partial charge in [0, 0.05) is 24.6 Å². The lowest BCUT2D eigenvalue weighted by Gasteiger charge is -2.22. The summed E-state index contributed by atoms with van der Waals surface area (Å²) >= 11 is 0. The summed E-state index contributed by atoms with van der Waals surface area (Å²) in [7, 11) is 0. The van der Waals surface area contributed by atoms with Crippen LogP contribution in [0.15, 0.2) is 46.2 Å². The van der Waals surface area contributed by atoms with Gasteiger partial charge < -0.3 is 9.30 Å². The molecule has 24 heavy (non-hydrogen) atoms. The number of hydrogen-bond donors (Lipinski definition) is 0. The molecule has 0 amide bonds. The molecule has 2 aromatic rings. The summed E-state index contributed by atoms with van der Waals surface area (Å²) in [6, 6.07) is 7.19. The van der Waals surface area contributed by atoms with Crippen molar-refractivity contribution in [3.05, 3.63) is 57.4 Å². The zero-order chi connectivity index (χ0) is 16.9. The molecule has 0 spiro atoms. The Morgan fingerprint density at radius 1 is 1.00 bits per heavy atom. The van der Waals surface area contributed by atoms with Crippen LogP contribution in [0, 0.1) is 5.92 Å². The van der Waals surface area contributed by atoms with E-state index in [1.54, 1.807) is 41.2 Å². The normalized spacial score (nSPS) is 15.4. The zero-order valence-corrected chi connectivity index (χ0v) is 14.1. The first-order valence-electron chi connectivity index (χ1n) is 8.74. The van der Waals surface area contributed by atoms with Gasteiger partial charge in [0.05, 0.1) is 6.61 Å². The Kier molecular flexibility index (Phi) is 5.18. The SMILES string of the molecule is CCOc1ccc(-n2ccn(CC3CCCCC3)c(=O)c2=O)cc1. The smallest absolute Gasteiger partial charge is 0.320 e. The fourth-order valence-electron chi connectivity index (χ4n) is 3.37. The Hall–Kier alpha value is -2.30. The highest BCUT2D eigenvalue weighted by molar-refractivity contribution is 5.37. The second-order valence-corrected chi connectivity index (χ2v) is 6.36. The van der Waals surface area contributed by atoms with Crippen LogP contribution in [-0.2, 0) is 6.54 Å². The number of hydrogen-bond acceptors (Lipinski definition) is 3. The first-order valence-corrected chi connectivity index (χ1v) is 8.74. The zero-order valence-electron chi connectivity index (χ0n) is 14.1. The third-order valence-electron chi connectivity index (χ3n) is 4.66. The van der Waals surface area contributed by atoms with Crippen LogP contribution in [0.5, 0.6) is 5.75 Å². The predicted molar refractivity (Wildman–Crippen MR) is 94.0 cm³/mol. The molecule has 0 N–H and O–H groups in total. The average Bonchev–Trinajstić information content (AvgIpc) is 2.61. The number of rotatable bonds is 5. The Balaban J connectivity index is 1.84. The molecular weight excluding hydrogens is 304 g/mol. The van der Waals surface area contributed by atoms with Crippen LogP contribution in [0.2, 0.25) is 0 Å². The molecule has 5 nitrogen and oxygen atoms in total. The summed E-state index contributed by atoms with van der Waals surface area (Å²) in [5, 5.41) is 0. The number of ether oxygens (including phenoxy) is 1. The third kappa shape index (κ3) is 3.61. The van der Waals surface area contributed by atoms with Crippen LogP contribution < -0.4 is 15.9 Å². The minimum atomic E-state index is -0.502. The molecule has 1 aromatic carbocycles. The van der Waals surface area contributed by atoms with Crippen molar-refractivity contribution in [1.82, 2.24) is 9.13 Å². The van der Waals surface area contributed by atoms with E-state index in [4.69, 9.17) is 4.74 Å². The predicted octanol–water partition coefficient (Wildman–Crippen LogP) is 2.98. The second kappa shape index (κ2) is 7.51. The molecule has 0 bridgehead atoms. The van der Waals surface area contributed by atoms with Crippen LogP contribution in [-0.4, -0.2) is 15.7 Å². The van der Waals surface area contributed by atoms with E-state index in [9.17, 15) is 9.59 Å². The van der Waals surface area contributed by atoms with Crippen molar-refractivity contribution in [3.8, 4) is 11.4 Å². The van der Waals surface area contributed by atoms with Crippen LogP contribution in [0.25, 0.3) is 5.69 Å². The minimum absolute atomic E-state index is 0.447. The van der Waals surface area contributed by atoms with E-state index in [-0.39, 0.29) is 0 Å². The fourth-order valence-corrected chi connectivity index (χ4v) is 3.37. The molecule has 1 aliphatic carbocycles. The molecule has 0 saturated heterocycles. The van der Waals surface area contributed by atoms with Gasteiger partial charge in [0.1, 0.15) is 5.75 Å². The molecule has 1 aromatic heterocycles. The van der Waals surface area contributed by atoms with Gasteiger partial charge in [-0.05, 0) is 49.9 Å². The molecule has 1 heterocycles. The lowest BCUT2D eigenvalue weighted by Crippen LogP contribution is -2.41. The van der Waals surface area contributed by atoms with Gasteiger partial charge in [-0.25, -0.2) is 0 Å². The first-order chi connectivity index (χ1) is 11.7. The van der Waals surface area contributed by atoms with Crippen LogP contribution in [0.3, 0.4) is 0 Å². The van der Waals surface area contributed by atoms with Crippen molar-refractivity contribution >= 4 is 0 Å². The molecule has 1 saturated carbocycles. The Bertz CT molecular complexity index is 783. The molecule has 1 fully saturated rings. The highest BCUT2D eigenvalue weighted by Gasteiger charge is 2.15. The highest BCUT2D eigenvalue weighted by Crippen LogP contribution is 2.24. The quantitative estimate of drug-likeness (QED) is 0.793. The van der Waals surface area contributed by atoms with Crippen molar-refractivity contribution in [2.75, 3.05) is 6.61 Å². The van der Waals surface area contributed by atoms with Gasteiger partial charge in [-0.2, -0.15) is 0 Å². The van der Waals surface area contributed by atoms with Crippen molar-refractivity contribution < 1.29 is 4.74 Å². The summed E-state index contributed by atoms with van der Waals surface area (Å²) in [6.45, 7) is 3.17. The van der Waals surface area contributed by atoms with Gasteiger partial charge in [0.15, 0.2) is 0 Å². The standard InChI is InChI=1S/C19H24N2O3/c1-2-24-17-10-8-16(9-11-17)21-13-12-20(18(22)19(21)23)14-15-6-4-3-5-7-15/h8-13,15H,2-7,14H2,1H3. The van der Waals surface area contributed by atoms with E-state index >= 15 is 0 Å². The van der Waals surface area contributed by atoms with E-state index in [1.165, 1.54) is 23.8 Å². The van der Waals surface area contributed by atoms with Gasteiger partial charge >= 0.3 is 11.1 Å². The largest absolute Gasteiger partial charge is 0.494 e. The maximum atomic E-state index is 12.4. The maximum Gasteiger partial charge on any atom is 0.320 e. The molecule has 128 valence electrons. The topological polar surface area (TPSA) is 53.2 Å². The molecular formula is C19H24N2O3. The molecule has 3 rings (SSSR count). The fraction of sp³-hybridized carbons (Fsp3) is 0.474. The first kappa shape index (κ1) is 16.6. The van der Waals surface area contributed by atoms with Gasteiger partial charge in [-0.1, -0.05) is 19.3 Å². The van der Waals surface area contributed by atoms with E-state index in [2.05, 4.69) is 0 Å². The summed E-state index contributed by atoms with van der Waals surface area (Å²) < 4.78 is 8.37. The van der Waals surface area contributed by atoms with Crippen molar-refractivity contribution in [3.63, 3.8) is 0 Å². The lowest BCUT2D eigenvalue weighted by molar-refractivity contribution is 0.315. The molecule has 0 atom stereocenters. The van der Waals surface area contributed by atoms with Crippen LogP contribution >= 0.6 is 0 Å². The Morgan fingerprint density at radius 3 is 2.38 bits per heavy atom. The maximum absolute atomic E-state index is 12.4. The van der Waals surface area contributed by atoms with E-state index in [0.29, 0.717) is 24.8 Å². The lowest BCUT2D eigenvalue weighted by atomic mass is 9.89. The van der Waals surface area contributed by atoms with Crippen LogP contribution in [0.4, 0.5) is 0 Å². The van der Waals surface area contributed by atoms with E-state index in [0.717, 1.165) is 18.6 Å². The summed E-state index contributed by atoms with van der Waals surface area (Å²) in [4.78, 5) is 24.9. The number of aromatic nitrogens is 2. The number of benzene rings is 1. The summed E-state index contributed by atoms with van der Waals surface area (Å²) in [6.07, 6.45) is 9.44. The third-order valence-corrected chi connectivity index (χ3v) is 4.66.